The van der Waals surface area contributed by atoms with E-state index in [-0.39, 0.29) is 5.78 Å². The topological polar surface area (TPSA) is 42.0 Å². The molecule has 1 aromatic heterocycles. The molecule has 2 rings (SSSR count). The number of aromatic nitrogens is 1. The third-order valence-corrected chi connectivity index (χ3v) is 3.62. The van der Waals surface area contributed by atoms with Crippen molar-refractivity contribution in [3.8, 4) is 0 Å². The molecular weight excluding hydrogens is 208 g/mol. The summed E-state index contributed by atoms with van der Waals surface area (Å²) in [7, 11) is 0. The normalized spacial score (nSPS) is 22.3. The number of thiazole rings is 1. The quantitative estimate of drug-likeness (QED) is 0.801. The highest BCUT2D eigenvalue weighted by atomic mass is 32.1. The molecule has 4 heteroatoms. The van der Waals surface area contributed by atoms with Crippen molar-refractivity contribution in [1.82, 2.24) is 10.3 Å². The molecular formula is C11H16N2OS. The Morgan fingerprint density at radius 1 is 1.53 bits per heavy atom. The van der Waals surface area contributed by atoms with Crippen LogP contribution in [0.2, 0.25) is 0 Å². The minimum atomic E-state index is 0.233. The lowest BCUT2D eigenvalue weighted by atomic mass is 10.0. The van der Waals surface area contributed by atoms with Crippen LogP contribution in [0, 0.1) is 0 Å². The maximum absolute atomic E-state index is 11.8. The second-order valence-electron chi connectivity index (χ2n) is 3.99. The zero-order valence-electron chi connectivity index (χ0n) is 8.74. The molecule has 1 unspecified atom stereocenters. The van der Waals surface area contributed by atoms with E-state index in [1.807, 2.05) is 0 Å². The Balaban J connectivity index is 1.87. The van der Waals surface area contributed by atoms with Gasteiger partial charge in [-0.15, -0.1) is 11.3 Å². The van der Waals surface area contributed by atoms with Crippen molar-refractivity contribution in [3.63, 3.8) is 0 Å². The molecule has 15 heavy (non-hydrogen) atoms. The molecule has 1 fully saturated rings. The summed E-state index contributed by atoms with van der Waals surface area (Å²) in [5, 5.41) is 3.44. The van der Waals surface area contributed by atoms with E-state index < -0.39 is 0 Å². The molecule has 1 aliphatic heterocycles. The summed E-state index contributed by atoms with van der Waals surface area (Å²) in [6.45, 7) is 1.06. The molecule has 0 amide bonds. The van der Waals surface area contributed by atoms with Gasteiger partial charge in [0.2, 0.25) is 0 Å². The van der Waals surface area contributed by atoms with Gasteiger partial charge in [0.15, 0.2) is 5.78 Å². The number of carbonyl (C=O) groups excluding carboxylic acids is 1. The zero-order valence-corrected chi connectivity index (χ0v) is 9.55. The first kappa shape index (κ1) is 10.8. The number of hydrogen-bond donors (Lipinski definition) is 1. The average Bonchev–Trinajstić information content (AvgIpc) is 2.65. The number of nitrogens with zero attached hydrogens (tertiary/aromatic N) is 1. The lowest BCUT2D eigenvalue weighted by Crippen LogP contribution is -2.30. The van der Waals surface area contributed by atoms with E-state index in [0.717, 1.165) is 17.8 Å². The monoisotopic (exact) mass is 224 g/mol. The molecule has 0 bridgehead atoms. The number of Topliss-reactive ketones (excluding diaryl/α,β-unsaturated/α-hetero) is 1. The van der Waals surface area contributed by atoms with Crippen LogP contribution >= 0.6 is 11.3 Å². The van der Waals surface area contributed by atoms with Gasteiger partial charge in [0.25, 0.3) is 0 Å². The molecule has 0 saturated carbocycles. The van der Waals surface area contributed by atoms with Gasteiger partial charge in [0, 0.05) is 18.7 Å². The number of hydrogen-bond acceptors (Lipinski definition) is 4. The van der Waals surface area contributed by atoms with Crippen LogP contribution in [0.5, 0.6) is 0 Å². The molecule has 1 aromatic rings. The fraction of sp³-hybridized carbons (Fsp3) is 0.636. The molecule has 82 valence electrons. The summed E-state index contributed by atoms with van der Waals surface area (Å²) >= 11 is 1.44. The molecule has 0 spiro atoms. The van der Waals surface area contributed by atoms with Gasteiger partial charge in [0.1, 0.15) is 0 Å². The van der Waals surface area contributed by atoms with Crippen LogP contribution in [-0.4, -0.2) is 23.4 Å². The van der Waals surface area contributed by atoms with Crippen molar-refractivity contribution in [3.05, 3.63) is 16.6 Å². The Kier molecular flexibility index (Phi) is 3.86. The van der Waals surface area contributed by atoms with Crippen LogP contribution in [0.3, 0.4) is 0 Å². The minimum absolute atomic E-state index is 0.233. The molecule has 1 aliphatic rings. The van der Waals surface area contributed by atoms with Gasteiger partial charge in [-0.05, 0) is 19.4 Å². The fourth-order valence-electron chi connectivity index (χ4n) is 1.95. The van der Waals surface area contributed by atoms with Crippen LogP contribution in [0.4, 0.5) is 0 Å². The second-order valence-corrected chi connectivity index (χ2v) is 4.88. The fourth-order valence-corrected chi connectivity index (χ4v) is 2.52. The SMILES string of the molecule is O=C(CC1CCCCCN1)c1cncs1. The summed E-state index contributed by atoms with van der Waals surface area (Å²) < 4.78 is 0. The van der Waals surface area contributed by atoms with Gasteiger partial charge >= 0.3 is 0 Å². The first-order valence-electron chi connectivity index (χ1n) is 5.51. The Labute approximate surface area is 93.9 Å². The largest absolute Gasteiger partial charge is 0.314 e. The molecule has 1 atom stereocenters. The van der Waals surface area contributed by atoms with Crippen molar-refractivity contribution in [2.75, 3.05) is 6.54 Å². The lowest BCUT2D eigenvalue weighted by Gasteiger charge is -2.13. The smallest absolute Gasteiger partial charge is 0.175 e. The highest BCUT2D eigenvalue weighted by molar-refractivity contribution is 7.11. The second kappa shape index (κ2) is 5.37. The predicted molar refractivity (Wildman–Crippen MR) is 61.3 cm³/mol. The Bertz CT molecular complexity index is 302. The van der Waals surface area contributed by atoms with Gasteiger partial charge in [-0.1, -0.05) is 12.8 Å². The maximum Gasteiger partial charge on any atom is 0.175 e. The van der Waals surface area contributed by atoms with E-state index in [2.05, 4.69) is 10.3 Å². The average molecular weight is 224 g/mol. The van der Waals surface area contributed by atoms with E-state index in [1.54, 1.807) is 11.7 Å². The van der Waals surface area contributed by atoms with Crippen LogP contribution in [0.1, 0.15) is 41.8 Å². The van der Waals surface area contributed by atoms with E-state index >= 15 is 0 Å². The van der Waals surface area contributed by atoms with Gasteiger partial charge < -0.3 is 5.32 Å². The number of carbonyl (C=O) groups is 1. The Morgan fingerprint density at radius 2 is 2.47 bits per heavy atom. The Morgan fingerprint density at radius 3 is 3.27 bits per heavy atom. The van der Waals surface area contributed by atoms with Crippen LogP contribution in [0.25, 0.3) is 0 Å². The van der Waals surface area contributed by atoms with Crippen molar-refractivity contribution < 1.29 is 4.79 Å². The Hall–Kier alpha value is -0.740. The summed E-state index contributed by atoms with van der Waals surface area (Å²) in [5.74, 6) is 0.233. The molecule has 0 radical (unpaired) electrons. The third kappa shape index (κ3) is 3.11. The minimum Gasteiger partial charge on any atom is -0.314 e. The molecule has 1 N–H and O–H groups in total. The molecule has 0 aromatic carbocycles. The third-order valence-electron chi connectivity index (χ3n) is 2.80. The molecule has 2 heterocycles. The van der Waals surface area contributed by atoms with E-state index in [4.69, 9.17) is 0 Å². The van der Waals surface area contributed by atoms with Crippen LogP contribution in [-0.2, 0) is 0 Å². The maximum atomic E-state index is 11.8. The first-order chi connectivity index (χ1) is 7.36. The van der Waals surface area contributed by atoms with Crippen LogP contribution in [0.15, 0.2) is 11.7 Å². The van der Waals surface area contributed by atoms with Gasteiger partial charge in [-0.25, -0.2) is 0 Å². The molecule has 0 aliphatic carbocycles. The number of nitrogens with one attached hydrogen (secondary N) is 1. The van der Waals surface area contributed by atoms with E-state index in [1.165, 1.54) is 30.6 Å². The lowest BCUT2D eigenvalue weighted by molar-refractivity contribution is 0.0972. The van der Waals surface area contributed by atoms with Gasteiger partial charge in [-0.3, -0.25) is 9.78 Å². The summed E-state index contributed by atoms with van der Waals surface area (Å²) in [6, 6.07) is 0.377. The van der Waals surface area contributed by atoms with Crippen molar-refractivity contribution in [1.29, 1.82) is 0 Å². The van der Waals surface area contributed by atoms with E-state index in [9.17, 15) is 4.79 Å². The van der Waals surface area contributed by atoms with Gasteiger partial charge in [-0.2, -0.15) is 0 Å². The number of ketones is 1. The predicted octanol–water partition coefficient (Wildman–Crippen LogP) is 2.25. The van der Waals surface area contributed by atoms with Crippen molar-refractivity contribution >= 4 is 17.1 Å². The standard InChI is InChI=1S/C11H16N2OS/c14-10(11-7-12-8-15-11)6-9-4-2-1-3-5-13-9/h7-9,13H,1-6H2. The zero-order chi connectivity index (χ0) is 10.5. The number of rotatable bonds is 3. The highest BCUT2D eigenvalue weighted by Crippen LogP contribution is 2.15. The first-order valence-corrected chi connectivity index (χ1v) is 6.39. The molecule has 1 saturated heterocycles. The van der Waals surface area contributed by atoms with Crippen LogP contribution < -0.4 is 5.32 Å². The van der Waals surface area contributed by atoms with E-state index in [0.29, 0.717) is 12.5 Å². The van der Waals surface area contributed by atoms with Crippen molar-refractivity contribution in [2.24, 2.45) is 0 Å². The van der Waals surface area contributed by atoms with Crippen molar-refractivity contribution in [2.45, 2.75) is 38.1 Å². The summed E-state index contributed by atoms with van der Waals surface area (Å²) in [6.07, 6.45) is 7.20. The summed E-state index contributed by atoms with van der Waals surface area (Å²) in [5.41, 5.74) is 1.72. The highest BCUT2D eigenvalue weighted by Gasteiger charge is 2.17. The van der Waals surface area contributed by atoms with Gasteiger partial charge in [0.05, 0.1) is 10.4 Å². The summed E-state index contributed by atoms with van der Waals surface area (Å²) in [4.78, 5) is 16.5. The molecule has 3 nitrogen and oxygen atoms in total.